The topological polar surface area (TPSA) is 93.2 Å². The number of carbonyl (C=O) groups excluding carboxylic acids is 4. The van der Waals surface area contributed by atoms with Crippen LogP contribution in [0, 0.1) is 0 Å². The number of hydrogen-bond acceptors (Lipinski definition) is 6. The van der Waals surface area contributed by atoms with E-state index in [0.29, 0.717) is 10.0 Å². The zero-order valence-corrected chi connectivity index (χ0v) is 17.7. The lowest BCUT2D eigenvalue weighted by molar-refractivity contribution is -0.155. The smallest absolute Gasteiger partial charge is 0.437 e. The Morgan fingerprint density at radius 3 is 1.12 bits per heavy atom. The Morgan fingerprint density at radius 2 is 0.958 bits per heavy atom. The van der Waals surface area contributed by atoms with Crippen LogP contribution in [0.1, 0.15) is 41.5 Å². The molecule has 0 bridgehead atoms. The Labute approximate surface area is 158 Å². The van der Waals surface area contributed by atoms with Gasteiger partial charge in [-0.3, -0.25) is 9.59 Å². The van der Waals surface area contributed by atoms with Crippen molar-refractivity contribution in [1.82, 2.24) is 10.0 Å². The van der Waals surface area contributed by atoms with Crippen LogP contribution < -0.4 is 0 Å². The van der Waals surface area contributed by atoms with Crippen LogP contribution in [-0.4, -0.2) is 55.9 Å². The van der Waals surface area contributed by atoms with E-state index in [2.05, 4.69) is 31.9 Å². The molecular formula is C14H22Br2N2O6. The van der Waals surface area contributed by atoms with E-state index in [4.69, 9.17) is 9.47 Å². The van der Waals surface area contributed by atoms with Crippen LogP contribution in [-0.2, 0) is 19.1 Å². The molecule has 0 aliphatic rings. The van der Waals surface area contributed by atoms with E-state index in [1.807, 2.05) is 0 Å². The first-order valence-electron chi connectivity index (χ1n) is 6.97. The van der Waals surface area contributed by atoms with Gasteiger partial charge < -0.3 is 9.47 Å². The minimum absolute atomic E-state index is 0.304. The zero-order valence-electron chi connectivity index (χ0n) is 14.5. The standard InChI is InChI=1S/C14H22Br2N2O6/c1-13(2,3)23-11(21)17(9(19)7-15)18(10(20)8-16)12(22)24-14(4,5)6/h7-8H2,1-6H3. The van der Waals surface area contributed by atoms with E-state index in [-0.39, 0.29) is 10.7 Å². The quantitative estimate of drug-likeness (QED) is 0.451. The number of rotatable bonds is 2. The highest BCUT2D eigenvalue weighted by Crippen LogP contribution is 2.17. The largest absolute Gasteiger partial charge is 0.442 e. The summed E-state index contributed by atoms with van der Waals surface area (Å²) in [5.41, 5.74) is -1.86. The minimum atomic E-state index is -1.16. The van der Waals surface area contributed by atoms with E-state index < -0.39 is 35.2 Å². The van der Waals surface area contributed by atoms with Gasteiger partial charge in [-0.2, -0.15) is 0 Å². The first-order chi connectivity index (χ1) is 10.7. The summed E-state index contributed by atoms with van der Waals surface area (Å²) < 4.78 is 10.2. The van der Waals surface area contributed by atoms with Crippen LogP contribution in [0.4, 0.5) is 9.59 Å². The predicted octanol–water partition coefficient (Wildman–Crippen LogP) is 3.22. The number of amides is 4. The maximum atomic E-state index is 12.3. The number of nitrogens with zero attached hydrogens (tertiary/aromatic N) is 2. The highest BCUT2D eigenvalue weighted by molar-refractivity contribution is 9.09. The maximum absolute atomic E-state index is 12.3. The average Bonchev–Trinajstić information content (AvgIpc) is 2.38. The number of hydrazine groups is 1. The lowest BCUT2D eigenvalue weighted by Gasteiger charge is -2.33. The van der Waals surface area contributed by atoms with E-state index >= 15 is 0 Å². The first-order valence-corrected chi connectivity index (χ1v) is 9.21. The predicted molar refractivity (Wildman–Crippen MR) is 93.7 cm³/mol. The molecule has 0 saturated carbocycles. The highest BCUT2D eigenvalue weighted by Gasteiger charge is 2.40. The van der Waals surface area contributed by atoms with Gasteiger partial charge >= 0.3 is 12.2 Å². The number of ether oxygens (including phenoxy) is 2. The summed E-state index contributed by atoms with van der Waals surface area (Å²) in [6, 6.07) is 0. The van der Waals surface area contributed by atoms with Crippen molar-refractivity contribution in [2.24, 2.45) is 0 Å². The summed E-state index contributed by atoms with van der Waals surface area (Å²) in [6.07, 6.45) is -2.32. The fraction of sp³-hybridized carbons (Fsp3) is 0.714. The van der Waals surface area contributed by atoms with Crippen LogP contribution in [0.2, 0.25) is 0 Å². The number of hydrogen-bond donors (Lipinski definition) is 0. The molecule has 0 aromatic rings. The zero-order chi connectivity index (χ0) is 19.3. The van der Waals surface area contributed by atoms with Crippen LogP contribution in [0.25, 0.3) is 0 Å². The molecule has 0 fully saturated rings. The molecule has 10 heteroatoms. The molecule has 0 saturated heterocycles. The Morgan fingerprint density at radius 1 is 0.708 bits per heavy atom. The third-order valence-corrected chi connectivity index (χ3v) is 2.99. The van der Waals surface area contributed by atoms with E-state index in [1.54, 1.807) is 41.5 Å². The van der Waals surface area contributed by atoms with Gasteiger partial charge in [-0.15, -0.1) is 10.0 Å². The molecule has 0 unspecified atom stereocenters. The molecular weight excluding hydrogens is 452 g/mol. The summed E-state index contributed by atoms with van der Waals surface area (Å²) in [5.74, 6) is -1.71. The third kappa shape index (κ3) is 7.61. The van der Waals surface area contributed by atoms with E-state index in [9.17, 15) is 19.2 Å². The SMILES string of the molecule is CC(C)(C)OC(=O)N(C(=O)CBr)N(C(=O)CBr)C(=O)OC(C)(C)C. The molecule has 0 spiro atoms. The minimum Gasteiger partial charge on any atom is -0.442 e. The Balaban J connectivity index is 5.84. The molecule has 0 rings (SSSR count). The van der Waals surface area contributed by atoms with Crippen LogP contribution in [0.15, 0.2) is 0 Å². The van der Waals surface area contributed by atoms with Crippen LogP contribution in [0.3, 0.4) is 0 Å². The van der Waals surface area contributed by atoms with Crippen molar-refractivity contribution in [3.63, 3.8) is 0 Å². The van der Waals surface area contributed by atoms with Gasteiger partial charge in [-0.05, 0) is 41.5 Å². The van der Waals surface area contributed by atoms with E-state index in [1.165, 1.54) is 0 Å². The Hall–Kier alpha value is -1.16. The summed E-state index contributed by atoms with van der Waals surface area (Å²) in [7, 11) is 0. The molecule has 8 nitrogen and oxygen atoms in total. The summed E-state index contributed by atoms with van der Waals surface area (Å²) in [4.78, 5) is 48.9. The highest BCUT2D eigenvalue weighted by atomic mass is 79.9. The van der Waals surface area contributed by atoms with Crippen LogP contribution >= 0.6 is 31.9 Å². The normalized spacial score (nSPS) is 11.5. The lowest BCUT2D eigenvalue weighted by atomic mass is 10.2. The molecule has 0 heterocycles. The van der Waals surface area contributed by atoms with Gasteiger partial charge in [-0.1, -0.05) is 31.9 Å². The summed E-state index contributed by atoms with van der Waals surface area (Å²) >= 11 is 5.82. The average molecular weight is 474 g/mol. The van der Waals surface area contributed by atoms with Gasteiger partial charge in [0.15, 0.2) is 0 Å². The van der Waals surface area contributed by atoms with Crippen molar-refractivity contribution in [2.45, 2.75) is 52.7 Å². The van der Waals surface area contributed by atoms with Crippen LogP contribution in [0.5, 0.6) is 0 Å². The molecule has 0 aromatic heterocycles. The van der Waals surface area contributed by atoms with Crippen molar-refractivity contribution in [1.29, 1.82) is 0 Å². The first kappa shape index (κ1) is 22.8. The van der Waals surface area contributed by atoms with Gasteiger partial charge in [0, 0.05) is 0 Å². The second-order valence-corrected chi connectivity index (χ2v) is 7.76. The van der Waals surface area contributed by atoms with Gasteiger partial charge in [0.1, 0.15) is 11.2 Å². The van der Waals surface area contributed by atoms with Crippen molar-refractivity contribution >= 4 is 55.9 Å². The van der Waals surface area contributed by atoms with Crippen molar-refractivity contribution < 1.29 is 28.7 Å². The van der Waals surface area contributed by atoms with Gasteiger partial charge in [0.2, 0.25) is 0 Å². The van der Waals surface area contributed by atoms with E-state index in [0.717, 1.165) is 0 Å². The molecule has 0 aliphatic heterocycles. The third-order valence-electron chi connectivity index (χ3n) is 2.03. The van der Waals surface area contributed by atoms with Crippen molar-refractivity contribution in [3.05, 3.63) is 0 Å². The van der Waals surface area contributed by atoms with Gasteiger partial charge in [-0.25, -0.2) is 9.59 Å². The van der Waals surface area contributed by atoms with Gasteiger partial charge in [0.05, 0.1) is 10.7 Å². The molecule has 0 N–H and O–H groups in total. The molecule has 0 aromatic carbocycles. The molecule has 0 radical (unpaired) electrons. The Bertz CT molecular complexity index is 464. The second kappa shape index (κ2) is 8.80. The summed E-state index contributed by atoms with van der Waals surface area (Å²) in [6.45, 7) is 9.53. The number of imide groups is 2. The lowest BCUT2D eigenvalue weighted by Crippen LogP contribution is -2.58. The maximum Gasteiger partial charge on any atom is 0.437 e. The molecule has 4 amide bonds. The molecule has 0 atom stereocenters. The molecule has 0 aliphatic carbocycles. The second-order valence-electron chi connectivity index (χ2n) is 6.64. The molecule has 24 heavy (non-hydrogen) atoms. The number of alkyl halides is 2. The van der Waals surface area contributed by atoms with Gasteiger partial charge in [0.25, 0.3) is 11.8 Å². The Kier molecular flexibility index (Phi) is 8.37. The monoisotopic (exact) mass is 472 g/mol. The summed E-state index contributed by atoms with van der Waals surface area (Å²) in [5, 5.41) is 0.0531. The van der Waals surface area contributed by atoms with Crippen molar-refractivity contribution in [3.8, 4) is 0 Å². The number of carbonyl (C=O) groups is 4. The molecule has 138 valence electrons. The number of halogens is 2. The van der Waals surface area contributed by atoms with Crippen molar-refractivity contribution in [2.75, 3.05) is 10.7 Å². The fourth-order valence-corrected chi connectivity index (χ4v) is 1.79. The fourth-order valence-electron chi connectivity index (χ4n) is 1.31.